The molecule has 1 aromatic rings. The fraction of sp³-hybridized carbons (Fsp3) is 0.533. The lowest BCUT2D eigenvalue weighted by atomic mass is 9.90. The molecule has 0 aliphatic heterocycles. The van der Waals surface area contributed by atoms with E-state index in [0.717, 1.165) is 24.9 Å². The summed E-state index contributed by atoms with van der Waals surface area (Å²) in [6, 6.07) is 6.18. The van der Waals surface area contributed by atoms with Crippen molar-refractivity contribution in [1.82, 2.24) is 0 Å². The number of nitrogens with one attached hydrogen (secondary N) is 1. The highest BCUT2D eigenvalue weighted by Gasteiger charge is 2.13. The van der Waals surface area contributed by atoms with E-state index in [1.807, 2.05) is 13.0 Å². The van der Waals surface area contributed by atoms with Crippen molar-refractivity contribution in [3.8, 4) is 0 Å². The molecule has 1 aromatic carbocycles. The Morgan fingerprint density at radius 3 is 2.95 bits per heavy atom. The molecule has 1 aliphatic carbocycles. The fourth-order valence-corrected chi connectivity index (χ4v) is 2.53. The van der Waals surface area contributed by atoms with Crippen molar-refractivity contribution in [2.75, 3.05) is 11.9 Å². The Kier molecular flexibility index (Phi) is 4.80. The maximum absolute atomic E-state index is 9.14. The van der Waals surface area contributed by atoms with E-state index in [-0.39, 0.29) is 12.6 Å². The second-order valence-corrected chi connectivity index (χ2v) is 5.03. The molecule has 0 aromatic heterocycles. The first-order valence-corrected chi connectivity index (χ1v) is 7.06. The van der Waals surface area contributed by atoms with E-state index < -0.39 is 0 Å². The standard InChI is InChI=1S/C15H23N3O/c1-2-12(10-19)17-15(16)18-14-9-5-7-11-6-3-4-8-13(11)14/h5,7,9,12,19H,2-4,6,8,10H2,1H3,(H3,16,17,18)/t12-/m1/s1. The number of rotatable bonds is 4. The zero-order chi connectivity index (χ0) is 13.7. The van der Waals surface area contributed by atoms with Gasteiger partial charge in [-0.2, -0.15) is 0 Å². The highest BCUT2D eigenvalue weighted by Crippen LogP contribution is 2.27. The van der Waals surface area contributed by atoms with Crippen LogP contribution in [0, 0.1) is 0 Å². The molecule has 104 valence electrons. The molecular formula is C15H23N3O. The van der Waals surface area contributed by atoms with Gasteiger partial charge in [-0.3, -0.25) is 0 Å². The van der Waals surface area contributed by atoms with E-state index >= 15 is 0 Å². The van der Waals surface area contributed by atoms with Crippen LogP contribution in [0.15, 0.2) is 23.2 Å². The van der Waals surface area contributed by atoms with Crippen molar-refractivity contribution in [3.63, 3.8) is 0 Å². The SMILES string of the molecule is CC[C@H](CO)N=C(N)Nc1cccc2c1CCCC2. The van der Waals surface area contributed by atoms with E-state index in [2.05, 4.69) is 22.4 Å². The Morgan fingerprint density at radius 2 is 2.21 bits per heavy atom. The molecule has 19 heavy (non-hydrogen) atoms. The second kappa shape index (κ2) is 6.57. The number of aliphatic imine (C=N–C) groups is 1. The van der Waals surface area contributed by atoms with Gasteiger partial charge in [0.2, 0.25) is 0 Å². The minimum Gasteiger partial charge on any atom is -0.394 e. The van der Waals surface area contributed by atoms with Gasteiger partial charge in [0.15, 0.2) is 5.96 Å². The van der Waals surface area contributed by atoms with E-state index in [1.54, 1.807) is 0 Å². The average Bonchev–Trinajstić information content (AvgIpc) is 2.45. The summed E-state index contributed by atoms with van der Waals surface area (Å²) in [5.41, 5.74) is 9.76. The van der Waals surface area contributed by atoms with Crippen molar-refractivity contribution >= 4 is 11.6 Å². The first-order chi connectivity index (χ1) is 9.24. The third-order valence-electron chi connectivity index (χ3n) is 3.66. The summed E-state index contributed by atoms with van der Waals surface area (Å²) < 4.78 is 0. The highest BCUT2D eigenvalue weighted by atomic mass is 16.3. The lowest BCUT2D eigenvalue weighted by Crippen LogP contribution is -2.27. The molecule has 0 saturated heterocycles. The fourth-order valence-electron chi connectivity index (χ4n) is 2.53. The molecule has 2 rings (SSSR count). The number of hydrogen-bond donors (Lipinski definition) is 3. The van der Waals surface area contributed by atoms with Crippen LogP contribution in [0.4, 0.5) is 5.69 Å². The van der Waals surface area contributed by atoms with Crippen molar-refractivity contribution in [1.29, 1.82) is 0 Å². The van der Waals surface area contributed by atoms with Crippen molar-refractivity contribution < 1.29 is 5.11 Å². The average molecular weight is 261 g/mol. The number of nitrogens with two attached hydrogens (primary N) is 1. The van der Waals surface area contributed by atoms with E-state index in [0.29, 0.717) is 5.96 Å². The quantitative estimate of drug-likeness (QED) is 0.574. The summed E-state index contributed by atoms with van der Waals surface area (Å²) in [7, 11) is 0. The number of aliphatic hydroxyl groups excluding tert-OH is 1. The predicted octanol–water partition coefficient (Wildman–Crippen LogP) is 2.06. The molecule has 1 aliphatic rings. The molecular weight excluding hydrogens is 238 g/mol. The van der Waals surface area contributed by atoms with Gasteiger partial charge in [0.25, 0.3) is 0 Å². The van der Waals surface area contributed by atoms with Crippen LogP contribution < -0.4 is 11.1 Å². The number of fused-ring (bicyclic) bond motifs is 1. The molecule has 0 heterocycles. The van der Waals surface area contributed by atoms with Gasteiger partial charge in [0.05, 0.1) is 12.6 Å². The van der Waals surface area contributed by atoms with Crippen LogP contribution in [0.3, 0.4) is 0 Å². The molecule has 0 fully saturated rings. The highest BCUT2D eigenvalue weighted by molar-refractivity contribution is 5.93. The Bertz CT molecular complexity index is 453. The maximum atomic E-state index is 9.14. The molecule has 0 bridgehead atoms. The molecule has 0 spiro atoms. The van der Waals surface area contributed by atoms with Gasteiger partial charge in [-0.15, -0.1) is 0 Å². The normalized spacial score (nSPS) is 16.8. The zero-order valence-corrected chi connectivity index (χ0v) is 11.5. The van der Waals surface area contributed by atoms with Crippen LogP contribution in [0.1, 0.15) is 37.3 Å². The minimum atomic E-state index is -0.118. The smallest absolute Gasteiger partial charge is 0.193 e. The Hall–Kier alpha value is -1.55. The van der Waals surface area contributed by atoms with Crippen LogP contribution >= 0.6 is 0 Å². The maximum Gasteiger partial charge on any atom is 0.193 e. The predicted molar refractivity (Wildman–Crippen MR) is 79.5 cm³/mol. The van der Waals surface area contributed by atoms with Gasteiger partial charge in [-0.05, 0) is 49.3 Å². The number of guanidine groups is 1. The summed E-state index contributed by atoms with van der Waals surface area (Å²) in [6.07, 6.45) is 5.53. The first-order valence-electron chi connectivity index (χ1n) is 7.06. The van der Waals surface area contributed by atoms with Crippen LogP contribution in [-0.4, -0.2) is 23.7 Å². The molecule has 4 N–H and O–H groups in total. The number of nitrogens with zero attached hydrogens (tertiary/aromatic N) is 1. The molecule has 4 nitrogen and oxygen atoms in total. The van der Waals surface area contributed by atoms with Gasteiger partial charge < -0.3 is 16.2 Å². The lowest BCUT2D eigenvalue weighted by Gasteiger charge is -2.20. The molecule has 0 amide bonds. The number of aryl methyl sites for hydroxylation is 1. The van der Waals surface area contributed by atoms with Gasteiger partial charge >= 0.3 is 0 Å². The van der Waals surface area contributed by atoms with Crippen molar-refractivity contribution in [2.24, 2.45) is 10.7 Å². The Balaban J connectivity index is 2.15. The van der Waals surface area contributed by atoms with E-state index in [9.17, 15) is 0 Å². The minimum absolute atomic E-state index is 0.0335. The lowest BCUT2D eigenvalue weighted by molar-refractivity contribution is 0.264. The summed E-state index contributed by atoms with van der Waals surface area (Å²) in [5, 5.41) is 12.3. The summed E-state index contributed by atoms with van der Waals surface area (Å²) >= 11 is 0. The molecule has 0 radical (unpaired) electrons. The second-order valence-electron chi connectivity index (χ2n) is 5.03. The molecule has 4 heteroatoms. The van der Waals surface area contributed by atoms with E-state index in [4.69, 9.17) is 10.8 Å². The largest absolute Gasteiger partial charge is 0.394 e. The Labute approximate surface area is 114 Å². The van der Waals surface area contributed by atoms with Crippen LogP contribution in [-0.2, 0) is 12.8 Å². The number of benzene rings is 1. The van der Waals surface area contributed by atoms with Gasteiger partial charge in [0, 0.05) is 5.69 Å². The zero-order valence-electron chi connectivity index (χ0n) is 11.5. The summed E-state index contributed by atoms with van der Waals surface area (Å²) in [5.74, 6) is 0.389. The third-order valence-corrected chi connectivity index (χ3v) is 3.66. The topological polar surface area (TPSA) is 70.6 Å². The van der Waals surface area contributed by atoms with E-state index in [1.165, 1.54) is 24.0 Å². The number of aliphatic hydroxyl groups is 1. The monoisotopic (exact) mass is 261 g/mol. The van der Waals surface area contributed by atoms with Crippen LogP contribution in [0.2, 0.25) is 0 Å². The Morgan fingerprint density at radius 1 is 1.42 bits per heavy atom. The van der Waals surface area contributed by atoms with Crippen LogP contribution in [0.5, 0.6) is 0 Å². The van der Waals surface area contributed by atoms with Gasteiger partial charge in [0.1, 0.15) is 0 Å². The van der Waals surface area contributed by atoms with Crippen molar-refractivity contribution in [2.45, 2.75) is 45.1 Å². The molecule has 0 unspecified atom stereocenters. The summed E-state index contributed by atoms with van der Waals surface area (Å²) in [6.45, 7) is 2.02. The van der Waals surface area contributed by atoms with Crippen molar-refractivity contribution in [3.05, 3.63) is 29.3 Å². The first kappa shape index (κ1) is 13.9. The number of hydrogen-bond acceptors (Lipinski definition) is 2. The van der Waals surface area contributed by atoms with Gasteiger partial charge in [-0.1, -0.05) is 19.1 Å². The number of anilines is 1. The van der Waals surface area contributed by atoms with Crippen LogP contribution in [0.25, 0.3) is 0 Å². The van der Waals surface area contributed by atoms with Gasteiger partial charge in [-0.25, -0.2) is 4.99 Å². The molecule has 1 atom stereocenters. The molecule has 0 saturated carbocycles. The third kappa shape index (κ3) is 3.47. The summed E-state index contributed by atoms with van der Waals surface area (Å²) in [4.78, 5) is 4.29.